The van der Waals surface area contributed by atoms with Crippen LogP contribution in [-0.4, -0.2) is 45.3 Å². The third-order valence-corrected chi connectivity index (χ3v) is 6.42. The Kier molecular flexibility index (Phi) is 7.28. The van der Waals surface area contributed by atoms with E-state index in [2.05, 4.69) is 26.2 Å². The van der Waals surface area contributed by atoms with Crippen LogP contribution in [0.1, 0.15) is 44.5 Å². The molecule has 2 amide bonds. The average Bonchev–Trinajstić information content (AvgIpc) is 3.09. The quantitative estimate of drug-likeness (QED) is 0.399. The van der Waals surface area contributed by atoms with Crippen LogP contribution >= 0.6 is 27.5 Å². The van der Waals surface area contributed by atoms with E-state index in [1.54, 1.807) is 27.8 Å². The van der Waals surface area contributed by atoms with Crippen molar-refractivity contribution in [1.29, 1.82) is 0 Å². The van der Waals surface area contributed by atoms with Crippen molar-refractivity contribution in [3.05, 3.63) is 56.9 Å². The molecule has 2 aromatic heterocycles. The topological polar surface area (TPSA) is 85.7 Å². The maximum Gasteiger partial charge on any atom is 0.410 e. The molecule has 0 fully saturated rings. The number of carbonyl (C=O) groups excluding carboxylic acids is 2. The minimum absolute atomic E-state index is 0.264. The summed E-state index contributed by atoms with van der Waals surface area (Å²) in [5.41, 5.74) is 2.76. The Morgan fingerprint density at radius 1 is 1.26 bits per heavy atom. The number of carbonyl (C=O) groups is 2. The maximum absolute atomic E-state index is 13.5. The Morgan fingerprint density at radius 2 is 2.03 bits per heavy atom. The van der Waals surface area contributed by atoms with Gasteiger partial charge in [-0.25, -0.2) is 14.6 Å². The van der Waals surface area contributed by atoms with Crippen molar-refractivity contribution >= 4 is 50.6 Å². The van der Waals surface area contributed by atoms with E-state index in [9.17, 15) is 9.59 Å². The molecule has 8 nitrogen and oxygen atoms in total. The van der Waals surface area contributed by atoms with Gasteiger partial charge in [0.15, 0.2) is 0 Å². The van der Waals surface area contributed by atoms with Crippen LogP contribution in [0.3, 0.4) is 0 Å². The lowest BCUT2D eigenvalue weighted by Gasteiger charge is -2.30. The summed E-state index contributed by atoms with van der Waals surface area (Å²) in [7, 11) is 0. The molecule has 0 saturated heterocycles. The first-order chi connectivity index (χ1) is 16.6. The van der Waals surface area contributed by atoms with Crippen LogP contribution < -0.4 is 10.1 Å². The lowest BCUT2D eigenvalue weighted by Crippen LogP contribution is -2.40. The number of nitrogens with one attached hydrogen (secondary N) is 1. The third kappa shape index (κ3) is 5.56. The van der Waals surface area contributed by atoms with E-state index in [1.807, 2.05) is 39.8 Å². The molecular formula is C25H28BrClN4O4. The summed E-state index contributed by atoms with van der Waals surface area (Å²) in [6.45, 7) is 9.04. The summed E-state index contributed by atoms with van der Waals surface area (Å²) in [4.78, 5) is 31.9. The van der Waals surface area contributed by atoms with Gasteiger partial charge in [0.25, 0.3) is 0 Å². The highest BCUT2D eigenvalue weighted by molar-refractivity contribution is 9.10. The smallest absolute Gasteiger partial charge is 0.410 e. The summed E-state index contributed by atoms with van der Waals surface area (Å²) in [5, 5.41) is 4.23. The van der Waals surface area contributed by atoms with E-state index in [-0.39, 0.29) is 12.1 Å². The summed E-state index contributed by atoms with van der Waals surface area (Å²) < 4.78 is 13.8. The van der Waals surface area contributed by atoms with Crippen LogP contribution in [0.25, 0.3) is 10.9 Å². The fourth-order valence-electron chi connectivity index (χ4n) is 4.14. The summed E-state index contributed by atoms with van der Waals surface area (Å²) in [6, 6.07) is 7.07. The minimum atomic E-state index is -0.587. The predicted molar refractivity (Wildman–Crippen MR) is 138 cm³/mol. The maximum atomic E-state index is 13.5. The highest BCUT2D eigenvalue weighted by Gasteiger charge is 2.31. The zero-order valence-corrected chi connectivity index (χ0v) is 22.5. The Bertz CT molecular complexity index is 1280. The fraction of sp³-hybridized carbons (Fsp3) is 0.400. The van der Waals surface area contributed by atoms with E-state index in [1.165, 1.54) is 0 Å². The zero-order chi connectivity index (χ0) is 25.3. The van der Waals surface area contributed by atoms with E-state index < -0.39 is 5.60 Å². The molecule has 1 aromatic carbocycles. The first kappa shape index (κ1) is 25.3. The normalized spacial score (nSPS) is 13.5. The number of amides is 2. The number of hydrogen-bond acceptors (Lipinski definition) is 5. The van der Waals surface area contributed by atoms with Crippen molar-refractivity contribution in [1.82, 2.24) is 19.8 Å². The van der Waals surface area contributed by atoms with Crippen LogP contribution in [0.15, 0.2) is 34.9 Å². The highest BCUT2D eigenvalue weighted by Crippen LogP contribution is 2.37. The Hall–Kier alpha value is -2.78. The van der Waals surface area contributed by atoms with Crippen LogP contribution in [0.5, 0.6) is 5.75 Å². The predicted octanol–water partition coefficient (Wildman–Crippen LogP) is 5.90. The van der Waals surface area contributed by atoms with Gasteiger partial charge in [-0.2, -0.15) is 0 Å². The molecule has 0 radical (unpaired) electrons. The molecule has 0 unspecified atom stereocenters. The van der Waals surface area contributed by atoms with Gasteiger partial charge in [-0.3, -0.25) is 4.57 Å². The van der Waals surface area contributed by atoms with Gasteiger partial charge in [-0.15, -0.1) is 0 Å². The number of halogens is 2. The third-order valence-electron chi connectivity index (χ3n) is 5.59. The number of fused-ring (bicyclic) bond motifs is 3. The van der Waals surface area contributed by atoms with Gasteiger partial charge in [-0.1, -0.05) is 11.6 Å². The molecule has 1 aliphatic heterocycles. The van der Waals surface area contributed by atoms with Crippen LogP contribution in [0, 0.1) is 0 Å². The number of ether oxygens (including phenoxy) is 2. The second-order valence-corrected chi connectivity index (χ2v) is 10.5. The molecule has 0 saturated carbocycles. The number of rotatable bonds is 4. The molecule has 186 valence electrons. The molecule has 3 heterocycles. The number of aromatic nitrogens is 2. The SMILES string of the molecule is CCOc1cc2c(cc1Br)c1c(n2C(=O)NCc2ccnc(Cl)c2)CCN(C(=O)OC(C)(C)C)C1. The van der Waals surface area contributed by atoms with Gasteiger partial charge in [0.05, 0.1) is 23.1 Å². The summed E-state index contributed by atoms with van der Waals surface area (Å²) in [5.74, 6) is 0.647. The van der Waals surface area contributed by atoms with Crippen molar-refractivity contribution in [2.45, 2.75) is 52.8 Å². The molecule has 1 N–H and O–H groups in total. The van der Waals surface area contributed by atoms with E-state index in [0.717, 1.165) is 32.2 Å². The van der Waals surface area contributed by atoms with Gasteiger partial charge >= 0.3 is 12.1 Å². The molecule has 35 heavy (non-hydrogen) atoms. The number of pyridine rings is 1. The fourth-order valence-corrected chi connectivity index (χ4v) is 4.80. The van der Waals surface area contributed by atoms with Gasteiger partial charge in [0.1, 0.15) is 16.5 Å². The van der Waals surface area contributed by atoms with Crippen LogP contribution in [-0.2, 0) is 24.2 Å². The van der Waals surface area contributed by atoms with Crippen molar-refractivity contribution < 1.29 is 19.1 Å². The second kappa shape index (κ2) is 10.1. The molecule has 0 spiro atoms. The van der Waals surface area contributed by atoms with E-state index in [0.29, 0.717) is 43.6 Å². The largest absolute Gasteiger partial charge is 0.493 e. The van der Waals surface area contributed by atoms with Gasteiger partial charge in [0.2, 0.25) is 0 Å². The molecule has 3 aromatic rings. The average molecular weight is 564 g/mol. The van der Waals surface area contributed by atoms with Crippen molar-refractivity contribution in [2.75, 3.05) is 13.2 Å². The lowest BCUT2D eigenvalue weighted by atomic mass is 10.0. The van der Waals surface area contributed by atoms with E-state index in [4.69, 9.17) is 21.1 Å². The van der Waals surface area contributed by atoms with Crippen molar-refractivity contribution in [3.63, 3.8) is 0 Å². The minimum Gasteiger partial charge on any atom is -0.493 e. The number of benzene rings is 1. The second-order valence-electron chi connectivity index (χ2n) is 9.29. The molecule has 10 heteroatoms. The molecular weight excluding hydrogens is 536 g/mol. The number of nitrogens with zero attached hydrogens (tertiary/aromatic N) is 3. The Balaban J connectivity index is 1.72. The Labute approximate surface area is 217 Å². The zero-order valence-electron chi connectivity index (χ0n) is 20.2. The monoisotopic (exact) mass is 562 g/mol. The first-order valence-electron chi connectivity index (χ1n) is 11.4. The molecule has 0 aliphatic carbocycles. The van der Waals surface area contributed by atoms with Crippen LogP contribution in [0.2, 0.25) is 5.15 Å². The van der Waals surface area contributed by atoms with Gasteiger partial charge in [0, 0.05) is 48.4 Å². The highest BCUT2D eigenvalue weighted by atomic mass is 79.9. The van der Waals surface area contributed by atoms with Gasteiger partial charge < -0.3 is 19.7 Å². The lowest BCUT2D eigenvalue weighted by molar-refractivity contribution is 0.0224. The van der Waals surface area contributed by atoms with Gasteiger partial charge in [-0.05, 0) is 67.4 Å². The van der Waals surface area contributed by atoms with Crippen molar-refractivity contribution in [3.8, 4) is 5.75 Å². The summed E-state index contributed by atoms with van der Waals surface area (Å²) >= 11 is 9.57. The standard InChI is InChI=1S/C25H28BrClN4O4/c1-5-34-21-12-20-16(11-18(21)26)17-14-30(24(33)35-25(2,3)4)9-7-19(17)31(20)23(32)29-13-15-6-8-28-22(27)10-15/h6,8,10-12H,5,7,9,13-14H2,1-4H3,(H,29,32). The van der Waals surface area contributed by atoms with Crippen LogP contribution in [0.4, 0.5) is 9.59 Å². The number of hydrogen-bond donors (Lipinski definition) is 1. The van der Waals surface area contributed by atoms with Crippen molar-refractivity contribution in [2.24, 2.45) is 0 Å². The molecule has 1 aliphatic rings. The first-order valence-corrected chi connectivity index (χ1v) is 12.6. The molecule has 4 rings (SSSR count). The Morgan fingerprint density at radius 3 is 2.71 bits per heavy atom. The molecule has 0 atom stereocenters. The summed E-state index contributed by atoms with van der Waals surface area (Å²) in [6.07, 6.45) is 1.75. The van der Waals surface area contributed by atoms with E-state index >= 15 is 0 Å². The molecule has 0 bridgehead atoms.